The highest BCUT2D eigenvalue weighted by molar-refractivity contribution is 6.08. The molecule has 0 spiro atoms. The molecule has 0 aromatic heterocycles. The van der Waals surface area contributed by atoms with E-state index >= 15 is 0 Å². The molecule has 8 aliphatic rings. The van der Waals surface area contributed by atoms with Gasteiger partial charge in [-0.3, -0.25) is 19.2 Å². The van der Waals surface area contributed by atoms with Crippen LogP contribution in [0.2, 0.25) is 0 Å². The van der Waals surface area contributed by atoms with Crippen molar-refractivity contribution in [1.29, 1.82) is 0 Å². The molecule has 22 heteroatoms. The van der Waals surface area contributed by atoms with Crippen molar-refractivity contribution in [3.05, 3.63) is 93.0 Å². The molecule has 0 N–H and O–H groups in total. The molecule has 6 heterocycles. The first-order valence-electron chi connectivity index (χ1n) is 27.8. The smallest absolute Gasteiger partial charge is 0.328 e. The summed E-state index contributed by atoms with van der Waals surface area (Å²) in [4.78, 5) is 58.0. The van der Waals surface area contributed by atoms with Crippen LogP contribution in [0.5, 0.6) is 46.0 Å². The van der Waals surface area contributed by atoms with E-state index in [4.69, 9.17) is 85.3 Å². The quantitative estimate of drug-likeness (QED) is 0.173. The van der Waals surface area contributed by atoms with Crippen LogP contribution in [0.3, 0.4) is 0 Å². The fraction of sp³-hybridized carbons (Fsp3) is 0.533. The Balaban J connectivity index is 0.983. The van der Waals surface area contributed by atoms with Gasteiger partial charge < -0.3 is 85.3 Å². The number of hydrogen-bond donors (Lipinski definition) is 0. The molecule has 2 aliphatic carbocycles. The Hall–Kier alpha value is -6.76. The molecule has 4 aromatic rings. The largest absolute Gasteiger partial charge is 0.487 e. The predicted octanol–water partition coefficient (Wildman–Crippen LogP) is 4.61. The van der Waals surface area contributed by atoms with E-state index in [0.29, 0.717) is 90.5 Å². The van der Waals surface area contributed by atoms with Crippen LogP contribution in [0, 0.1) is 0 Å². The molecule has 12 rings (SSSR count). The molecule has 4 aromatic carbocycles. The van der Waals surface area contributed by atoms with Crippen molar-refractivity contribution >= 4 is 23.9 Å². The molecule has 0 atom stereocenters. The molecule has 4 bridgehead atoms. The highest BCUT2D eigenvalue weighted by Crippen LogP contribution is 2.59. The van der Waals surface area contributed by atoms with Crippen molar-refractivity contribution in [1.82, 2.24) is 0 Å². The zero-order chi connectivity index (χ0) is 56.9. The highest BCUT2D eigenvalue weighted by atomic mass is 16.6. The van der Waals surface area contributed by atoms with Gasteiger partial charge in [0.15, 0.2) is 46.0 Å². The minimum Gasteiger partial charge on any atom is -0.487 e. The number of fused-ring (bicyclic) bond motifs is 8. The number of ether oxygens (including phenoxy) is 18. The first-order chi connectivity index (χ1) is 39.9. The molecule has 0 fully saturated rings. The summed E-state index contributed by atoms with van der Waals surface area (Å²) in [5.41, 5.74) is -2.31. The molecule has 440 valence electrons. The van der Waals surface area contributed by atoms with E-state index in [-0.39, 0.29) is 159 Å². The van der Waals surface area contributed by atoms with E-state index in [1.165, 1.54) is 0 Å². The van der Waals surface area contributed by atoms with Gasteiger partial charge in [-0.2, -0.15) is 0 Å². The maximum Gasteiger partial charge on any atom is 0.328 e. The third-order valence-corrected chi connectivity index (χ3v) is 16.0. The number of carbonyl (C=O) groups excluding carboxylic acids is 4. The van der Waals surface area contributed by atoms with Crippen molar-refractivity contribution in [3.8, 4) is 46.0 Å². The summed E-state index contributed by atoms with van der Waals surface area (Å²) in [5.74, 6) is -0.680. The number of hydrogen-bond acceptors (Lipinski definition) is 22. The first-order valence-corrected chi connectivity index (χ1v) is 27.8. The van der Waals surface area contributed by atoms with Gasteiger partial charge in [-0.25, -0.2) is 0 Å². The number of carbonyl (C=O) groups is 4. The molecule has 0 unspecified atom stereocenters. The molecule has 0 amide bonds. The molecule has 22 nitrogen and oxygen atoms in total. The van der Waals surface area contributed by atoms with E-state index in [2.05, 4.69) is 0 Å². The number of benzene rings is 4. The summed E-state index contributed by atoms with van der Waals surface area (Å²) < 4.78 is 110. The van der Waals surface area contributed by atoms with E-state index in [0.717, 1.165) is 0 Å². The number of esters is 4. The Morgan fingerprint density at radius 2 is 0.341 bits per heavy atom. The van der Waals surface area contributed by atoms with Crippen molar-refractivity contribution in [3.63, 3.8) is 0 Å². The van der Waals surface area contributed by atoms with Gasteiger partial charge in [0, 0.05) is 0 Å². The van der Waals surface area contributed by atoms with Gasteiger partial charge in [-0.1, -0.05) is 0 Å². The summed E-state index contributed by atoms with van der Waals surface area (Å²) in [6.07, 6.45) is 0. The van der Waals surface area contributed by atoms with Gasteiger partial charge in [-0.05, 0) is 121 Å². The van der Waals surface area contributed by atoms with Crippen molar-refractivity contribution < 1.29 is 104 Å². The Morgan fingerprint density at radius 1 is 0.220 bits per heavy atom. The average Bonchev–Trinajstić information content (AvgIpc) is 1.82. The lowest BCUT2D eigenvalue weighted by Gasteiger charge is -2.40. The molecule has 0 saturated heterocycles. The van der Waals surface area contributed by atoms with Gasteiger partial charge in [0.05, 0.1) is 106 Å². The standard InChI is InChI=1S/C60H68O22/c1-57-37-29-45-47-31-39(37)58(2,54(62)81-53(57)61)40-32-48-46(30-38(40)57)74-22-14-66-6-8-70-18-26-78-50-34-42-44(36-52(50)80-28-20-72-12-10-68-16-24-76-48)60(4)43-35-51(79-27-19-71-11-9-67-15-23-75-47)49(77-25-17-69-7-5-65-13-21-73-45)33-41(43)59(42,3)55(63)82-56(60)64/h29-36H,5-28H2,1-4H3. The Labute approximate surface area is 473 Å². The molecular weight excluding hydrogens is 1070 g/mol. The maximum atomic E-state index is 14.5. The highest BCUT2D eigenvalue weighted by Gasteiger charge is 2.62. The Kier molecular flexibility index (Phi) is 17.1. The van der Waals surface area contributed by atoms with E-state index in [9.17, 15) is 19.2 Å². The van der Waals surface area contributed by atoms with Gasteiger partial charge in [0.2, 0.25) is 0 Å². The van der Waals surface area contributed by atoms with Gasteiger partial charge in [0.25, 0.3) is 0 Å². The van der Waals surface area contributed by atoms with Gasteiger partial charge in [0.1, 0.15) is 74.5 Å². The lowest BCUT2D eigenvalue weighted by atomic mass is 9.59. The molecule has 82 heavy (non-hydrogen) atoms. The fourth-order valence-electron chi connectivity index (χ4n) is 11.5. The van der Waals surface area contributed by atoms with E-state index in [1.54, 1.807) is 76.2 Å². The average molecular weight is 1140 g/mol. The third kappa shape index (κ3) is 10.7. The van der Waals surface area contributed by atoms with Gasteiger partial charge >= 0.3 is 23.9 Å². The van der Waals surface area contributed by atoms with Crippen molar-refractivity contribution in [2.45, 2.75) is 49.4 Å². The van der Waals surface area contributed by atoms with Crippen LogP contribution in [0.15, 0.2) is 48.5 Å². The normalized spacial score (nSPS) is 27.0. The second-order valence-electron chi connectivity index (χ2n) is 20.9. The van der Waals surface area contributed by atoms with Crippen molar-refractivity contribution in [2.24, 2.45) is 0 Å². The Bertz CT molecular complexity index is 2490. The minimum atomic E-state index is -1.54. The van der Waals surface area contributed by atoms with Crippen LogP contribution in [0.25, 0.3) is 0 Å². The zero-order valence-corrected chi connectivity index (χ0v) is 46.6. The first kappa shape index (κ1) is 57.1. The van der Waals surface area contributed by atoms with Crippen molar-refractivity contribution in [2.75, 3.05) is 159 Å². The summed E-state index contributed by atoms with van der Waals surface area (Å²) in [6, 6.07) is 13.8. The molecule has 0 radical (unpaired) electrons. The lowest BCUT2D eigenvalue weighted by Crippen LogP contribution is -2.42. The molecule has 0 saturated carbocycles. The third-order valence-electron chi connectivity index (χ3n) is 16.0. The topological polar surface area (TPSA) is 234 Å². The fourth-order valence-corrected chi connectivity index (χ4v) is 11.5. The van der Waals surface area contributed by atoms with Crippen LogP contribution >= 0.6 is 0 Å². The van der Waals surface area contributed by atoms with Crippen LogP contribution in [-0.4, -0.2) is 182 Å². The summed E-state index contributed by atoms with van der Waals surface area (Å²) >= 11 is 0. The van der Waals surface area contributed by atoms with Gasteiger partial charge in [-0.15, -0.1) is 0 Å². The van der Waals surface area contributed by atoms with Crippen LogP contribution in [0.1, 0.15) is 72.2 Å². The van der Waals surface area contributed by atoms with Crippen LogP contribution < -0.4 is 37.9 Å². The maximum absolute atomic E-state index is 14.5. The molecule has 6 aliphatic heterocycles. The second-order valence-corrected chi connectivity index (χ2v) is 20.9. The monoisotopic (exact) mass is 1140 g/mol. The summed E-state index contributed by atoms with van der Waals surface area (Å²) in [6.45, 7) is 10.4. The Morgan fingerprint density at radius 3 is 0.476 bits per heavy atom. The summed E-state index contributed by atoms with van der Waals surface area (Å²) in [5, 5.41) is 0. The lowest BCUT2D eigenvalue weighted by molar-refractivity contribution is -0.165. The summed E-state index contributed by atoms with van der Waals surface area (Å²) in [7, 11) is 0. The van der Waals surface area contributed by atoms with E-state index < -0.39 is 45.5 Å². The predicted molar refractivity (Wildman–Crippen MR) is 284 cm³/mol. The molecular formula is C60H68O22. The van der Waals surface area contributed by atoms with Crippen LogP contribution in [0.4, 0.5) is 0 Å². The van der Waals surface area contributed by atoms with E-state index in [1.807, 2.05) is 0 Å². The zero-order valence-electron chi connectivity index (χ0n) is 46.6. The van der Waals surface area contributed by atoms with Crippen LogP contribution in [-0.2, 0) is 88.2 Å². The number of rotatable bonds is 0. The minimum absolute atomic E-state index is 0.0790. The second kappa shape index (κ2) is 24.6. The SMILES string of the molecule is CC12C(=O)OC(=O)C3(C)c4cc5c(cc41)OCCOCCOCCOc1cc4c(cc1OCCOCCOCCO5)C1(C)C(=O)OC(=O)C4(C)c4cc5c(cc41)OCCOCCOCCOc1cc3c2cc1OCCOCCOCCO5.